The van der Waals surface area contributed by atoms with E-state index in [1.165, 1.54) is 18.2 Å². The van der Waals surface area contributed by atoms with E-state index >= 15 is 0 Å². The normalized spacial score (nSPS) is 13.0. The van der Waals surface area contributed by atoms with Crippen molar-refractivity contribution in [1.29, 1.82) is 0 Å². The molecule has 0 unspecified atom stereocenters. The van der Waals surface area contributed by atoms with Crippen LogP contribution >= 0.6 is 0 Å². The van der Waals surface area contributed by atoms with Crippen LogP contribution in [0.25, 0.3) is 21.5 Å². The van der Waals surface area contributed by atoms with Gasteiger partial charge in [-0.1, -0.05) is 6.07 Å². The third kappa shape index (κ3) is 13.8. The van der Waals surface area contributed by atoms with Gasteiger partial charge in [0.15, 0.2) is 10.6 Å². The lowest BCUT2D eigenvalue weighted by molar-refractivity contribution is 0.262. The van der Waals surface area contributed by atoms with Crippen molar-refractivity contribution in [2.75, 3.05) is 10.6 Å². The Hall–Kier alpha value is -8.99. The zero-order valence-electron chi connectivity index (χ0n) is 40.1. The molecule has 0 fully saturated rings. The molecule has 82 heavy (non-hydrogen) atoms. The molecule has 424 valence electrons. The van der Waals surface area contributed by atoms with Crippen LogP contribution in [0.2, 0.25) is 0 Å². The van der Waals surface area contributed by atoms with Gasteiger partial charge in [0.1, 0.15) is 43.2 Å². The van der Waals surface area contributed by atoms with Crippen molar-refractivity contribution in [3.05, 3.63) is 133 Å². The van der Waals surface area contributed by atoms with Gasteiger partial charge in [0.25, 0.3) is 60.7 Å². The van der Waals surface area contributed by atoms with E-state index in [0.29, 0.717) is 0 Å². The number of phenols is 2. The lowest BCUT2D eigenvalue weighted by Crippen LogP contribution is -2.19. The maximum absolute atomic E-state index is 13.4. The van der Waals surface area contributed by atoms with Crippen LogP contribution < -0.4 is 10.6 Å². The smallest absolute Gasteiger partial charge is 0.323 e. The highest BCUT2D eigenvalue weighted by Crippen LogP contribution is 2.45. The SMILES string of the molecule is O=C(Nc1ccc2c(O)c(N=Nc3ccc(N=Nc4ccc(S(=O)(=O)O)cc4)cc3S(=O)(=O)O)c(S(=O)(=O)O)cc2c1)Nc1ccc2cc(O)c(S(=O)(=O)O)c(N=Nc3ccc(N=Nc4ccc(S(=O)(=O)O)cc4)cc3S(=O)(=O)O)c2c1. The quantitative estimate of drug-likeness (QED) is 0.0317. The number of anilines is 2. The largest absolute Gasteiger partial charge is 0.506 e. The molecule has 0 heterocycles. The van der Waals surface area contributed by atoms with E-state index in [-0.39, 0.29) is 55.7 Å². The molecule has 0 aliphatic heterocycles. The molecule has 0 spiro atoms. The van der Waals surface area contributed by atoms with Crippen LogP contribution in [0.3, 0.4) is 0 Å². The highest BCUT2D eigenvalue weighted by atomic mass is 32.2. The minimum Gasteiger partial charge on any atom is -0.506 e. The minimum absolute atomic E-state index is 0.00575. The maximum atomic E-state index is 13.4. The number of nitrogens with zero attached hydrogens (tertiary/aromatic N) is 8. The molecule has 0 radical (unpaired) electrons. The molecule has 0 atom stereocenters. The molecule has 0 aromatic heterocycles. The maximum Gasteiger partial charge on any atom is 0.323 e. The van der Waals surface area contributed by atoms with Crippen molar-refractivity contribution < 1.29 is 92.8 Å². The molecular formula is C45H32N10O21S6. The van der Waals surface area contributed by atoms with E-state index in [9.17, 15) is 88.3 Å². The average molecular weight is 1240 g/mol. The number of rotatable bonds is 16. The van der Waals surface area contributed by atoms with Gasteiger partial charge in [0.05, 0.1) is 32.5 Å². The Balaban J connectivity index is 1.06. The summed E-state index contributed by atoms with van der Waals surface area (Å²) >= 11 is 0. The second kappa shape index (κ2) is 22.2. The molecule has 0 saturated carbocycles. The van der Waals surface area contributed by atoms with Gasteiger partial charge in [-0.3, -0.25) is 27.3 Å². The van der Waals surface area contributed by atoms with E-state index in [1.54, 1.807) is 0 Å². The first-order valence-corrected chi connectivity index (χ1v) is 30.5. The fourth-order valence-electron chi connectivity index (χ4n) is 7.31. The zero-order valence-corrected chi connectivity index (χ0v) is 45.0. The zero-order chi connectivity index (χ0) is 59.9. The summed E-state index contributed by atoms with van der Waals surface area (Å²) in [6.07, 6.45) is 0. The summed E-state index contributed by atoms with van der Waals surface area (Å²) in [5, 5.41) is 56.5. The summed E-state index contributed by atoms with van der Waals surface area (Å²) in [7, 11) is -30.1. The summed E-state index contributed by atoms with van der Waals surface area (Å²) in [5.41, 5.74) is -3.60. The summed E-state index contributed by atoms with van der Waals surface area (Å²) in [6.45, 7) is 0. The van der Waals surface area contributed by atoms with Crippen LogP contribution in [-0.4, -0.2) is 94.1 Å². The Labute approximate surface area is 461 Å². The van der Waals surface area contributed by atoms with Crippen LogP contribution in [0.15, 0.2) is 204 Å². The predicted octanol–water partition coefficient (Wildman–Crippen LogP) is 10.2. The van der Waals surface area contributed by atoms with Crippen LogP contribution in [0.1, 0.15) is 0 Å². The first kappa shape index (κ1) is 59.1. The van der Waals surface area contributed by atoms with Crippen LogP contribution in [-0.2, 0) is 60.7 Å². The Morgan fingerprint density at radius 3 is 1.23 bits per heavy atom. The standard InChI is InChI=1S/C45H32N10O21S6/c56-37-18-23-1-2-28(20-34(23)41(44(37)82(74,75)76)54-52-35-15-8-29(21-38(35)79(65,66)67)50-48-25-3-10-31(11-4-25)77(59,60)61)47-45(58)46-27-7-14-33-24(17-27)19-40(81(71,72)73)42(43(33)57)55-53-36-16-9-30(22-39(36)80(68,69)70)51-49-26-5-12-32(13-6-26)78(62,63)64/h1-22,56-57H,(H2,46,47,58)(H,59,60,61)(H,62,63,64)(H,65,66,67)(H,68,69,70)(H,71,72,73)(H,74,75,76). The van der Waals surface area contributed by atoms with Gasteiger partial charge in [-0.2, -0.15) is 71.0 Å². The van der Waals surface area contributed by atoms with Gasteiger partial charge in [-0.05, 0) is 138 Å². The monoisotopic (exact) mass is 1240 g/mol. The van der Waals surface area contributed by atoms with Crippen molar-refractivity contribution in [3.8, 4) is 11.5 Å². The number of hydrogen-bond acceptors (Lipinski definition) is 23. The number of carbonyl (C=O) groups excluding carboxylic acids is 1. The van der Waals surface area contributed by atoms with E-state index in [4.69, 9.17) is 4.55 Å². The molecule has 0 saturated heterocycles. The van der Waals surface area contributed by atoms with Crippen molar-refractivity contribution in [2.24, 2.45) is 40.9 Å². The van der Waals surface area contributed by atoms with E-state index in [1.807, 2.05) is 0 Å². The lowest BCUT2D eigenvalue weighted by atomic mass is 10.1. The fraction of sp³-hybridized carbons (Fsp3) is 0. The predicted molar refractivity (Wildman–Crippen MR) is 285 cm³/mol. The van der Waals surface area contributed by atoms with Crippen molar-refractivity contribution >= 4 is 145 Å². The number of urea groups is 1. The third-order valence-corrected chi connectivity index (χ3v) is 16.2. The lowest BCUT2D eigenvalue weighted by Gasteiger charge is -2.13. The highest BCUT2D eigenvalue weighted by Gasteiger charge is 2.27. The van der Waals surface area contributed by atoms with Gasteiger partial charge >= 0.3 is 6.03 Å². The summed E-state index contributed by atoms with van der Waals surface area (Å²) in [6, 6.07) is 22.1. The van der Waals surface area contributed by atoms with Crippen molar-refractivity contribution in [3.63, 3.8) is 0 Å². The summed E-state index contributed by atoms with van der Waals surface area (Å²) in [4.78, 5) is 8.30. The number of phenolic OH excluding ortho intramolecular Hbond substituents is 2. The number of benzene rings is 8. The van der Waals surface area contributed by atoms with Gasteiger partial charge in [-0.25, -0.2) is 4.79 Å². The Morgan fingerprint density at radius 1 is 0.354 bits per heavy atom. The second-order valence-electron chi connectivity index (χ2n) is 16.5. The Morgan fingerprint density at radius 2 is 0.780 bits per heavy atom. The average Bonchev–Trinajstić information content (AvgIpc) is 3.54. The number of hydrogen-bond donors (Lipinski definition) is 10. The molecule has 37 heteroatoms. The molecule has 10 N–H and O–H groups in total. The van der Waals surface area contributed by atoms with Crippen LogP contribution in [0.5, 0.6) is 11.5 Å². The number of nitrogens with one attached hydrogen (secondary N) is 2. The molecule has 31 nitrogen and oxygen atoms in total. The Bertz CT molecular complexity index is 4840. The van der Waals surface area contributed by atoms with Gasteiger partial charge in [0, 0.05) is 22.1 Å². The van der Waals surface area contributed by atoms with E-state index in [2.05, 4.69) is 51.5 Å². The molecule has 0 aliphatic rings. The van der Waals surface area contributed by atoms with E-state index < -0.39 is 130 Å². The minimum atomic E-state index is -5.38. The van der Waals surface area contributed by atoms with Crippen molar-refractivity contribution in [1.82, 2.24) is 0 Å². The molecule has 0 bridgehead atoms. The Kier molecular flexibility index (Phi) is 16.0. The van der Waals surface area contributed by atoms with Gasteiger partial charge < -0.3 is 20.8 Å². The van der Waals surface area contributed by atoms with Crippen LogP contribution in [0.4, 0.5) is 61.7 Å². The van der Waals surface area contributed by atoms with Gasteiger partial charge in [0.2, 0.25) is 0 Å². The summed E-state index contributed by atoms with van der Waals surface area (Å²) in [5.74, 6) is -2.00. The molecule has 8 aromatic carbocycles. The topological polar surface area (TPSA) is 507 Å². The number of aromatic hydroxyl groups is 2. The highest BCUT2D eigenvalue weighted by molar-refractivity contribution is 7.87. The molecule has 8 aromatic rings. The fourth-order valence-corrected chi connectivity index (χ4v) is 10.9. The molecule has 0 aliphatic carbocycles. The first-order chi connectivity index (χ1) is 38.1. The number of carbonyl (C=O) groups is 1. The van der Waals surface area contributed by atoms with Crippen LogP contribution in [0, 0.1) is 0 Å². The molecule has 8 rings (SSSR count). The number of amides is 2. The first-order valence-electron chi connectivity index (χ1n) is 21.8. The molecular weight excluding hydrogens is 1210 g/mol. The van der Waals surface area contributed by atoms with E-state index in [0.717, 1.165) is 115 Å². The number of azo groups is 4. The van der Waals surface area contributed by atoms with Crippen molar-refractivity contribution in [2.45, 2.75) is 29.4 Å². The molecule has 2 amide bonds. The van der Waals surface area contributed by atoms with Gasteiger partial charge in [-0.15, -0.1) is 20.5 Å². The third-order valence-electron chi connectivity index (χ3n) is 10.9. The number of fused-ring (bicyclic) bond motifs is 2. The summed E-state index contributed by atoms with van der Waals surface area (Å²) < 4.78 is 205. The second-order valence-corrected chi connectivity index (χ2v) is 24.9.